The van der Waals surface area contributed by atoms with Crippen LogP contribution in [-0.4, -0.2) is 41.5 Å². The Bertz CT molecular complexity index is 778. The Morgan fingerprint density at radius 2 is 2.00 bits per heavy atom. The molecule has 0 bridgehead atoms. The van der Waals surface area contributed by atoms with E-state index >= 15 is 0 Å². The summed E-state index contributed by atoms with van der Waals surface area (Å²) in [4.78, 5) is 3.66. The maximum Gasteiger partial charge on any atom is 0.200 e. The van der Waals surface area contributed by atoms with Crippen molar-refractivity contribution in [3.63, 3.8) is 0 Å². The first-order chi connectivity index (χ1) is 11.8. The zero-order valence-electron chi connectivity index (χ0n) is 13.8. The lowest BCUT2D eigenvalue weighted by atomic mass is 9.91. The van der Waals surface area contributed by atoms with Crippen LogP contribution in [0, 0.1) is 0 Å². The van der Waals surface area contributed by atoms with Crippen LogP contribution in [0.5, 0.6) is 5.75 Å². The van der Waals surface area contributed by atoms with Gasteiger partial charge in [0, 0.05) is 37.9 Å². The van der Waals surface area contributed by atoms with Gasteiger partial charge in [-0.15, -0.1) is 11.3 Å². The molecule has 0 unspecified atom stereocenters. The van der Waals surface area contributed by atoms with Crippen molar-refractivity contribution in [1.29, 1.82) is 0 Å². The van der Waals surface area contributed by atoms with E-state index in [2.05, 4.69) is 58.7 Å². The van der Waals surface area contributed by atoms with Crippen molar-refractivity contribution in [3.8, 4) is 5.75 Å². The van der Waals surface area contributed by atoms with Gasteiger partial charge in [0.15, 0.2) is 0 Å². The fourth-order valence-corrected chi connectivity index (χ4v) is 4.84. The Balaban J connectivity index is 1.59. The number of hydrogen-bond acceptors (Lipinski definition) is 5. The average molecular weight is 339 g/mol. The molecule has 24 heavy (non-hydrogen) atoms. The Morgan fingerprint density at radius 1 is 1.17 bits per heavy atom. The minimum absolute atomic E-state index is 0.287. The van der Waals surface area contributed by atoms with Gasteiger partial charge in [-0.3, -0.25) is 0 Å². The molecule has 4 nitrogen and oxygen atoms in total. The minimum atomic E-state index is -0.287. The van der Waals surface area contributed by atoms with Crippen molar-refractivity contribution in [2.45, 2.75) is 31.0 Å². The van der Waals surface area contributed by atoms with E-state index in [1.165, 1.54) is 16.2 Å². The zero-order valence-corrected chi connectivity index (χ0v) is 14.6. The largest absolute Gasteiger partial charge is 0.466 e. The van der Waals surface area contributed by atoms with Crippen LogP contribution in [0.1, 0.15) is 35.7 Å². The molecule has 1 spiro atoms. The number of benzene rings is 1. The van der Waals surface area contributed by atoms with Gasteiger partial charge in [0.25, 0.3) is 0 Å². The van der Waals surface area contributed by atoms with Crippen LogP contribution < -0.4 is 4.74 Å². The molecule has 1 fully saturated rings. The molecule has 0 amide bonds. The summed E-state index contributed by atoms with van der Waals surface area (Å²) >= 11 is 1.78. The predicted molar refractivity (Wildman–Crippen MR) is 96.6 cm³/mol. The molecule has 3 aliphatic rings. The molecule has 0 aliphatic carbocycles. The number of hydrazone groups is 1. The Kier molecular flexibility index (Phi) is 3.22. The van der Waals surface area contributed by atoms with Crippen molar-refractivity contribution in [2.75, 3.05) is 20.1 Å². The standard InChI is InChI=1S/C19H21N3OS/c1-21-10-8-19(9-11-21)22-16(14-5-2-3-6-17(14)23-19)13-15(20-22)18-7-4-12-24-18/h2-7,12,16H,8-11,13H2,1H3/t16-/m0/s1. The molecule has 5 rings (SSSR count). The number of fused-ring (bicyclic) bond motifs is 4. The fourth-order valence-electron chi connectivity index (χ4n) is 4.12. The maximum absolute atomic E-state index is 6.58. The first-order valence-electron chi connectivity index (χ1n) is 8.62. The molecule has 5 heteroatoms. The summed E-state index contributed by atoms with van der Waals surface area (Å²) in [6, 6.07) is 13.1. The Labute approximate surface area is 146 Å². The number of likely N-dealkylation sites (tertiary alicyclic amines) is 1. The molecule has 4 heterocycles. The van der Waals surface area contributed by atoms with Crippen LogP contribution in [0.4, 0.5) is 0 Å². The third kappa shape index (κ3) is 2.11. The third-order valence-electron chi connectivity index (χ3n) is 5.48. The van der Waals surface area contributed by atoms with E-state index in [-0.39, 0.29) is 5.72 Å². The first kappa shape index (κ1) is 14.5. The summed E-state index contributed by atoms with van der Waals surface area (Å²) in [7, 11) is 2.19. The van der Waals surface area contributed by atoms with Crippen LogP contribution in [0.3, 0.4) is 0 Å². The topological polar surface area (TPSA) is 28.1 Å². The molecule has 1 atom stereocenters. The van der Waals surface area contributed by atoms with E-state index in [0.717, 1.165) is 38.1 Å². The number of ether oxygens (including phenoxy) is 1. The first-order valence-corrected chi connectivity index (χ1v) is 9.50. The van der Waals surface area contributed by atoms with E-state index in [4.69, 9.17) is 9.84 Å². The molecule has 1 aromatic heterocycles. The summed E-state index contributed by atoms with van der Waals surface area (Å²) in [5.74, 6) is 1.05. The quantitative estimate of drug-likeness (QED) is 0.793. The summed E-state index contributed by atoms with van der Waals surface area (Å²) in [6.45, 7) is 2.10. The van der Waals surface area contributed by atoms with Crippen LogP contribution in [0.2, 0.25) is 0 Å². The monoisotopic (exact) mass is 339 g/mol. The van der Waals surface area contributed by atoms with E-state index < -0.39 is 0 Å². The lowest BCUT2D eigenvalue weighted by Crippen LogP contribution is -2.58. The summed E-state index contributed by atoms with van der Waals surface area (Å²) in [6.07, 6.45) is 2.96. The van der Waals surface area contributed by atoms with Crippen molar-refractivity contribution in [2.24, 2.45) is 5.10 Å². The highest BCUT2D eigenvalue weighted by Crippen LogP contribution is 2.49. The number of hydrogen-bond donors (Lipinski definition) is 0. The molecule has 0 saturated carbocycles. The average Bonchev–Trinajstić information content (AvgIpc) is 3.27. The molecule has 2 aromatic rings. The highest BCUT2D eigenvalue weighted by molar-refractivity contribution is 7.12. The van der Waals surface area contributed by atoms with Gasteiger partial charge < -0.3 is 9.64 Å². The lowest BCUT2D eigenvalue weighted by Gasteiger charge is -2.50. The highest BCUT2D eigenvalue weighted by Gasteiger charge is 2.51. The van der Waals surface area contributed by atoms with Crippen molar-refractivity contribution in [3.05, 3.63) is 52.2 Å². The number of thiophene rings is 1. The smallest absolute Gasteiger partial charge is 0.200 e. The van der Waals surface area contributed by atoms with E-state index in [1.54, 1.807) is 11.3 Å². The third-order valence-corrected chi connectivity index (χ3v) is 6.40. The number of para-hydroxylation sites is 1. The van der Waals surface area contributed by atoms with Gasteiger partial charge in [-0.05, 0) is 24.6 Å². The molecule has 0 radical (unpaired) electrons. The minimum Gasteiger partial charge on any atom is -0.466 e. The SMILES string of the molecule is CN1CCC2(CC1)Oc1ccccc1[C@@H]1CC(c3cccs3)=NN12. The summed E-state index contributed by atoms with van der Waals surface area (Å²) in [5.41, 5.74) is 2.19. The lowest BCUT2D eigenvalue weighted by molar-refractivity contribution is -0.147. The van der Waals surface area contributed by atoms with Gasteiger partial charge in [-0.25, -0.2) is 5.01 Å². The zero-order chi connectivity index (χ0) is 16.1. The van der Waals surface area contributed by atoms with Gasteiger partial charge >= 0.3 is 0 Å². The second-order valence-electron chi connectivity index (χ2n) is 6.98. The van der Waals surface area contributed by atoms with Crippen LogP contribution >= 0.6 is 11.3 Å². The molecule has 124 valence electrons. The molecular weight excluding hydrogens is 318 g/mol. The molecular formula is C19H21N3OS. The highest BCUT2D eigenvalue weighted by atomic mass is 32.1. The Hall–Kier alpha value is -1.85. The molecule has 1 aromatic carbocycles. The van der Waals surface area contributed by atoms with Gasteiger partial charge in [0.2, 0.25) is 5.72 Å². The predicted octanol–water partition coefficient (Wildman–Crippen LogP) is 3.71. The van der Waals surface area contributed by atoms with E-state index in [1.807, 2.05) is 0 Å². The van der Waals surface area contributed by atoms with Crippen molar-refractivity contribution in [1.82, 2.24) is 9.91 Å². The van der Waals surface area contributed by atoms with Gasteiger partial charge in [0.05, 0.1) is 16.6 Å². The van der Waals surface area contributed by atoms with Crippen LogP contribution in [0.25, 0.3) is 0 Å². The number of rotatable bonds is 1. The fraction of sp³-hybridized carbons (Fsp3) is 0.421. The normalized spacial score (nSPS) is 25.1. The van der Waals surface area contributed by atoms with E-state index in [0.29, 0.717) is 6.04 Å². The second-order valence-corrected chi connectivity index (χ2v) is 7.93. The van der Waals surface area contributed by atoms with E-state index in [9.17, 15) is 0 Å². The van der Waals surface area contributed by atoms with Crippen molar-refractivity contribution < 1.29 is 4.74 Å². The van der Waals surface area contributed by atoms with Crippen LogP contribution in [0.15, 0.2) is 46.9 Å². The maximum atomic E-state index is 6.58. The second kappa shape index (κ2) is 5.33. The molecule has 0 N–H and O–H groups in total. The van der Waals surface area contributed by atoms with Gasteiger partial charge in [0.1, 0.15) is 5.75 Å². The van der Waals surface area contributed by atoms with Gasteiger partial charge in [-0.1, -0.05) is 24.3 Å². The summed E-state index contributed by atoms with van der Waals surface area (Å²) < 4.78 is 6.58. The number of nitrogens with zero attached hydrogens (tertiary/aromatic N) is 3. The molecule has 1 saturated heterocycles. The van der Waals surface area contributed by atoms with Crippen LogP contribution in [-0.2, 0) is 0 Å². The van der Waals surface area contributed by atoms with Gasteiger partial charge in [-0.2, -0.15) is 5.10 Å². The number of piperidine rings is 1. The molecule has 3 aliphatic heterocycles. The summed E-state index contributed by atoms with van der Waals surface area (Å²) in [5, 5.41) is 9.49. The van der Waals surface area contributed by atoms with Crippen molar-refractivity contribution >= 4 is 17.0 Å². The Morgan fingerprint density at radius 3 is 2.79 bits per heavy atom.